The van der Waals surface area contributed by atoms with Crippen LogP contribution in [0.4, 0.5) is 0 Å². The number of hydrogen-bond acceptors (Lipinski definition) is 3. The van der Waals surface area contributed by atoms with Gasteiger partial charge in [0, 0.05) is 22.2 Å². The van der Waals surface area contributed by atoms with Crippen molar-refractivity contribution in [2.24, 2.45) is 0 Å². The Balaban J connectivity index is 1.48. The van der Waals surface area contributed by atoms with Gasteiger partial charge in [-0.1, -0.05) is 29.5 Å². The number of aryl methyl sites for hydroxylation is 1. The fourth-order valence-electron chi connectivity index (χ4n) is 3.30. The van der Waals surface area contributed by atoms with Gasteiger partial charge in [-0.25, -0.2) is 4.68 Å². The molecule has 0 atom stereocenters. The molecule has 0 radical (unpaired) electrons. The second-order valence-electron chi connectivity index (χ2n) is 6.31. The summed E-state index contributed by atoms with van der Waals surface area (Å²) in [6, 6.07) is 14.6. The molecule has 25 heavy (non-hydrogen) atoms. The van der Waals surface area contributed by atoms with Crippen LogP contribution in [-0.4, -0.2) is 30.2 Å². The summed E-state index contributed by atoms with van der Waals surface area (Å²) in [5, 5.41) is 18.0. The molecule has 3 heterocycles. The standard InChI is InChI=1S/C19H16N6/c1-12-7-14-6-5-13(8-18(14)21-12)10-25-11-19(23-24-25)15-3-2-4-17-16(15)9-20-22-17/h2-9,11,21H,10H2,1H3,(H,20,22). The van der Waals surface area contributed by atoms with E-state index in [9.17, 15) is 0 Å². The van der Waals surface area contributed by atoms with Crippen molar-refractivity contribution in [3.8, 4) is 11.3 Å². The SMILES string of the molecule is Cc1cc2ccc(Cn3cc(-c4cccc5[nH]ncc45)nn3)cc2[nH]1. The average Bonchev–Trinajstić information content (AvgIpc) is 3.32. The summed E-state index contributed by atoms with van der Waals surface area (Å²) >= 11 is 0. The van der Waals surface area contributed by atoms with Gasteiger partial charge < -0.3 is 4.98 Å². The van der Waals surface area contributed by atoms with Crippen LogP contribution in [-0.2, 0) is 6.54 Å². The molecule has 0 saturated carbocycles. The van der Waals surface area contributed by atoms with Crippen LogP contribution in [0, 0.1) is 6.92 Å². The van der Waals surface area contributed by atoms with E-state index in [1.807, 2.05) is 35.3 Å². The molecule has 0 spiro atoms. The topological polar surface area (TPSA) is 75.2 Å². The number of aromatic nitrogens is 6. The Labute approximate surface area is 143 Å². The zero-order valence-corrected chi connectivity index (χ0v) is 13.7. The van der Waals surface area contributed by atoms with Gasteiger partial charge in [-0.15, -0.1) is 5.10 Å². The fraction of sp³-hybridized carbons (Fsp3) is 0.105. The van der Waals surface area contributed by atoms with Gasteiger partial charge in [-0.3, -0.25) is 5.10 Å². The van der Waals surface area contributed by atoms with E-state index in [-0.39, 0.29) is 0 Å². The van der Waals surface area contributed by atoms with Crippen molar-refractivity contribution in [1.82, 2.24) is 30.2 Å². The molecular formula is C19H16N6. The fourth-order valence-corrected chi connectivity index (χ4v) is 3.30. The first-order valence-corrected chi connectivity index (χ1v) is 8.17. The van der Waals surface area contributed by atoms with Crippen molar-refractivity contribution in [1.29, 1.82) is 0 Å². The van der Waals surface area contributed by atoms with Gasteiger partial charge in [0.25, 0.3) is 0 Å². The van der Waals surface area contributed by atoms with E-state index in [2.05, 4.69) is 56.7 Å². The molecule has 5 rings (SSSR count). The highest BCUT2D eigenvalue weighted by atomic mass is 15.4. The lowest BCUT2D eigenvalue weighted by atomic mass is 10.1. The highest BCUT2D eigenvalue weighted by molar-refractivity contribution is 5.93. The van der Waals surface area contributed by atoms with Crippen LogP contribution >= 0.6 is 0 Å². The third kappa shape index (κ3) is 2.39. The summed E-state index contributed by atoms with van der Waals surface area (Å²) in [7, 11) is 0. The molecule has 5 aromatic rings. The molecule has 3 aromatic heterocycles. The van der Waals surface area contributed by atoms with Crippen LogP contribution < -0.4 is 0 Å². The average molecular weight is 328 g/mol. The maximum Gasteiger partial charge on any atom is 0.113 e. The number of H-pyrrole nitrogens is 2. The second-order valence-corrected chi connectivity index (χ2v) is 6.31. The van der Waals surface area contributed by atoms with E-state index in [1.165, 1.54) is 16.6 Å². The Morgan fingerprint density at radius 1 is 1.08 bits per heavy atom. The van der Waals surface area contributed by atoms with Crippen molar-refractivity contribution >= 4 is 21.8 Å². The molecule has 2 N–H and O–H groups in total. The molecule has 122 valence electrons. The lowest BCUT2D eigenvalue weighted by Gasteiger charge is -2.01. The van der Waals surface area contributed by atoms with Crippen molar-refractivity contribution in [2.45, 2.75) is 13.5 Å². The number of rotatable bonds is 3. The van der Waals surface area contributed by atoms with Crippen LogP contribution in [0.1, 0.15) is 11.3 Å². The van der Waals surface area contributed by atoms with E-state index in [1.54, 1.807) is 0 Å². The summed E-state index contributed by atoms with van der Waals surface area (Å²) in [4.78, 5) is 3.38. The summed E-state index contributed by atoms with van der Waals surface area (Å²) in [6.45, 7) is 2.75. The molecule has 0 saturated heterocycles. The predicted octanol–water partition coefficient (Wildman–Crippen LogP) is 3.66. The normalized spacial score (nSPS) is 11.6. The van der Waals surface area contributed by atoms with Crippen LogP contribution in [0.15, 0.2) is 54.9 Å². The van der Waals surface area contributed by atoms with E-state index in [4.69, 9.17) is 0 Å². The van der Waals surface area contributed by atoms with Gasteiger partial charge in [-0.05, 0) is 36.1 Å². The summed E-state index contributed by atoms with van der Waals surface area (Å²) in [5.74, 6) is 0. The third-order valence-electron chi connectivity index (χ3n) is 4.47. The first-order chi connectivity index (χ1) is 12.3. The monoisotopic (exact) mass is 328 g/mol. The van der Waals surface area contributed by atoms with Gasteiger partial charge in [-0.2, -0.15) is 5.10 Å². The number of hydrogen-bond donors (Lipinski definition) is 2. The summed E-state index contributed by atoms with van der Waals surface area (Å²) in [5.41, 5.74) is 6.39. The van der Waals surface area contributed by atoms with Crippen molar-refractivity contribution < 1.29 is 0 Å². The molecule has 6 heteroatoms. The maximum atomic E-state index is 4.34. The van der Waals surface area contributed by atoms with Crippen LogP contribution in [0.3, 0.4) is 0 Å². The number of nitrogens with one attached hydrogen (secondary N) is 2. The lowest BCUT2D eigenvalue weighted by Crippen LogP contribution is -2.00. The lowest BCUT2D eigenvalue weighted by molar-refractivity contribution is 0.650. The van der Waals surface area contributed by atoms with Gasteiger partial charge >= 0.3 is 0 Å². The maximum absolute atomic E-state index is 4.34. The molecule has 2 aromatic carbocycles. The van der Waals surface area contributed by atoms with Crippen molar-refractivity contribution in [3.63, 3.8) is 0 Å². The molecule has 6 nitrogen and oxygen atoms in total. The number of aromatic amines is 2. The quantitative estimate of drug-likeness (QED) is 0.531. The predicted molar refractivity (Wildman–Crippen MR) is 97.2 cm³/mol. The summed E-state index contributed by atoms with van der Waals surface area (Å²) < 4.78 is 1.87. The smallest absolute Gasteiger partial charge is 0.113 e. The third-order valence-corrected chi connectivity index (χ3v) is 4.47. The number of fused-ring (bicyclic) bond motifs is 2. The van der Waals surface area contributed by atoms with E-state index in [0.29, 0.717) is 6.54 Å². The van der Waals surface area contributed by atoms with Crippen LogP contribution in [0.5, 0.6) is 0 Å². The van der Waals surface area contributed by atoms with Crippen molar-refractivity contribution in [3.05, 3.63) is 66.1 Å². The van der Waals surface area contributed by atoms with E-state index >= 15 is 0 Å². The Kier molecular flexibility index (Phi) is 2.97. The van der Waals surface area contributed by atoms with Crippen LogP contribution in [0.2, 0.25) is 0 Å². The Morgan fingerprint density at radius 3 is 3.00 bits per heavy atom. The molecule has 0 aliphatic rings. The first-order valence-electron chi connectivity index (χ1n) is 8.17. The minimum atomic E-state index is 0.683. The minimum absolute atomic E-state index is 0.683. The largest absolute Gasteiger partial charge is 0.359 e. The molecule has 0 bridgehead atoms. The van der Waals surface area contributed by atoms with Crippen LogP contribution in [0.25, 0.3) is 33.1 Å². The highest BCUT2D eigenvalue weighted by Crippen LogP contribution is 2.25. The minimum Gasteiger partial charge on any atom is -0.359 e. The molecule has 0 fully saturated rings. The van der Waals surface area contributed by atoms with Gasteiger partial charge in [0.15, 0.2) is 0 Å². The van der Waals surface area contributed by atoms with Gasteiger partial charge in [0.2, 0.25) is 0 Å². The number of benzene rings is 2. The second kappa shape index (κ2) is 5.31. The zero-order valence-electron chi connectivity index (χ0n) is 13.7. The van der Waals surface area contributed by atoms with E-state index < -0.39 is 0 Å². The Hall–Kier alpha value is -3.41. The molecule has 0 unspecified atom stereocenters. The Bertz CT molecular complexity index is 1190. The molecule has 0 aliphatic heterocycles. The number of nitrogens with zero attached hydrogens (tertiary/aromatic N) is 4. The van der Waals surface area contributed by atoms with Gasteiger partial charge in [0.05, 0.1) is 24.5 Å². The Morgan fingerprint density at radius 2 is 2.04 bits per heavy atom. The molecular weight excluding hydrogens is 312 g/mol. The molecule has 0 aliphatic carbocycles. The first kappa shape index (κ1) is 14.0. The van der Waals surface area contributed by atoms with Gasteiger partial charge in [0.1, 0.15) is 5.69 Å². The highest BCUT2D eigenvalue weighted by Gasteiger charge is 2.09. The van der Waals surface area contributed by atoms with E-state index in [0.717, 1.165) is 27.7 Å². The zero-order chi connectivity index (χ0) is 16.8. The van der Waals surface area contributed by atoms with Crippen molar-refractivity contribution in [2.75, 3.05) is 0 Å². The molecule has 0 amide bonds. The summed E-state index contributed by atoms with van der Waals surface area (Å²) in [6.07, 6.45) is 3.80.